The van der Waals surface area contributed by atoms with Crippen molar-refractivity contribution in [2.75, 3.05) is 11.9 Å². The zero-order valence-corrected chi connectivity index (χ0v) is 15.9. The minimum absolute atomic E-state index is 0.00599. The van der Waals surface area contributed by atoms with Crippen molar-refractivity contribution in [3.8, 4) is 0 Å². The van der Waals surface area contributed by atoms with Crippen molar-refractivity contribution in [2.24, 2.45) is 5.10 Å². The maximum Gasteiger partial charge on any atom is 0.269 e. The molecule has 0 unspecified atom stereocenters. The molecule has 0 aliphatic heterocycles. The summed E-state index contributed by atoms with van der Waals surface area (Å²) in [6.45, 7) is 0. The summed E-state index contributed by atoms with van der Waals surface area (Å²) in [7, 11) is 2.00. The average molecular weight is 388 g/mol. The molecule has 3 aromatic rings. The van der Waals surface area contributed by atoms with Gasteiger partial charge in [-0.3, -0.25) is 14.9 Å². The molecule has 29 heavy (non-hydrogen) atoms. The third kappa shape index (κ3) is 5.49. The molecule has 1 N–H and O–H groups in total. The second kappa shape index (κ2) is 9.27. The lowest BCUT2D eigenvalue weighted by Crippen LogP contribution is -2.19. The van der Waals surface area contributed by atoms with E-state index in [1.54, 1.807) is 18.3 Å². The number of benzene rings is 3. The number of hydrazone groups is 1. The number of nitro benzene ring substituents is 1. The highest BCUT2D eigenvalue weighted by molar-refractivity contribution is 5.84. The van der Waals surface area contributed by atoms with Crippen molar-refractivity contribution in [1.82, 2.24) is 5.43 Å². The third-order valence-electron chi connectivity index (χ3n) is 4.34. The van der Waals surface area contributed by atoms with Gasteiger partial charge in [0.25, 0.3) is 5.69 Å². The Morgan fingerprint density at radius 3 is 2.24 bits per heavy atom. The van der Waals surface area contributed by atoms with Gasteiger partial charge in [-0.15, -0.1) is 0 Å². The molecule has 0 radical (unpaired) electrons. The fourth-order valence-corrected chi connectivity index (χ4v) is 2.72. The zero-order chi connectivity index (χ0) is 20.6. The Labute approximate surface area is 168 Å². The van der Waals surface area contributed by atoms with Gasteiger partial charge in [-0.25, -0.2) is 5.43 Å². The topological polar surface area (TPSA) is 87.8 Å². The van der Waals surface area contributed by atoms with Gasteiger partial charge in [-0.1, -0.05) is 42.5 Å². The summed E-state index contributed by atoms with van der Waals surface area (Å²) < 4.78 is 0. The maximum atomic E-state index is 12.0. The van der Waals surface area contributed by atoms with Crippen LogP contribution in [0.25, 0.3) is 0 Å². The lowest BCUT2D eigenvalue weighted by molar-refractivity contribution is -0.384. The monoisotopic (exact) mass is 388 g/mol. The van der Waals surface area contributed by atoms with Crippen LogP contribution in [0.2, 0.25) is 0 Å². The van der Waals surface area contributed by atoms with Gasteiger partial charge < -0.3 is 4.90 Å². The zero-order valence-electron chi connectivity index (χ0n) is 15.9. The van der Waals surface area contributed by atoms with Crippen LogP contribution in [0.5, 0.6) is 0 Å². The van der Waals surface area contributed by atoms with E-state index < -0.39 is 4.92 Å². The Morgan fingerprint density at radius 1 is 1.00 bits per heavy atom. The molecule has 0 atom stereocenters. The van der Waals surface area contributed by atoms with Crippen LogP contribution in [0.1, 0.15) is 11.1 Å². The number of anilines is 2. The molecular weight excluding hydrogens is 368 g/mol. The molecule has 0 aliphatic carbocycles. The van der Waals surface area contributed by atoms with E-state index >= 15 is 0 Å². The largest absolute Gasteiger partial charge is 0.345 e. The number of carbonyl (C=O) groups excluding carboxylic acids is 1. The lowest BCUT2D eigenvalue weighted by atomic mass is 10.1. The highest BCUT2D eigenvalue weighted by Gasteiger charge is 2.07. The first-order valence-electron chi connectivity index (χ1n) is 8.97. The van der Waals surface area contributed by atoms with Gasteiger partial charge in [0.05, 0.1) is 17.6 Å². The first kappa shape index (κ1) is 19.8. The first-order chi connectivity index (χ1) is 14.0. The molecule has 0 heterocycles. The predicted molar refractivity (Wildman–Crippen MR) is 113 cm³/mol. The molecule has 7 heteroatoms. The number of hydrogen-bond acceptors (Lipinski definition) is 5. The minimum Gasteiger partial charge on any atom is -0.345 e. The smallest absolute Gasteiger partial charge is 0.269 e. The Morgan fingerprint density at radius 2 is 1.62 bits per heavy atom. The van der Waals surface area contributed by atoms with E-state index in [1.165, 1.54) is 12.1 Å². The molecule has 146 valence electrons. The molecule has 0 aromatic heterocycles. The van der Waals surface area contributed by atoms with Gasteiger partial charge in [0.1, 0.15) is 0 Å². The van der Waals surface area contributed by atoms with Crippen molar-refractivity contribution < 1.29 is 9.72 Å². The van der Waals surface area contributed by atoms with Crippen LogP contribution in [0.4, 0.5) is 17.1 Å². The Balaban J connectivity index is 1.53. The number of hydrogen-bond donors (Lipinski definition) is 1. The summed E-state index contributed by atoms with van der Waals surface area (Å²) in [6.07, 6.45) is 1.66. The molecule has 0 aliphatic rings. The van der Waals surface area contributed by atoms with Crippen molar-refractivity contribution in [3.05, 3.63) is 100 Å². The van der Waals surface area contributed by atoms with Gasteiger partial charge in [-0.2, -0.15) is 5.10 Å². The Kier molecular flexibility index (Phi) is 6.32. The molecule has 0 fully saturated rings. The van der Waals surface area contributed by atoms with Crippen molar-refractivity contribution in [3.63, 3.8) is 0 Å². The van der Waals surface area contributed by atoms with Crippen LogP contribution >= 0.6 is 0 Å². The lowest BCUT2D eigenvalue weighted by Gasteiger charge is -2.19. The standard InChI is InChI=1S/C22H20N4O3/c1-25(19-5-3-2-4-6-19)20-11-9-18(10-12-20)16-23-24-22(27)15-17-7-13-21(14-8-17)26(28)29/h2-14,16H,15H2,1H3,(H,24,27)/b23-16-. The molecule has 3 rings (SSSR count). The second-order valence-corrected chi connectivity index (χ2v) is 6.38. The Bertz CT molecular complexity index is 1000. The van der Waals surface area contributed by atoms with Crippen molar-refractivity contribution in [2.45, 2.75) is 6.42 Å². The van der Waals surface area contributed by atoms with Crippen molar-refractivity contribution in [1.29, 1.82) is 0 Å². The number of non-ortho nitro benzene ring substituents is 1. The van der Waals surface area contributed by atoms with Crippen LogP contribution in [0.15, 0.2) is 84.0 Å². The van der Waals surface area contributed by atoms with Crippen molar-refractivity contribution >= 4 is 29.2 Å². The fraction of sp³-hybridized carbons (Fsp3) is 0.0909. The highest BCUT2D eigenvalue weighted by atomic mass is 16.6. The van der Waals surface area contributed by atoms with E-state index in [-0.39, 0.29) is 18.0 Å². The fourth-order valence-electron chi connectivity index (χ4n) is 2.72. The van der Waals surface area contributed by atoms with Gasteiger partial charge in [0, 0.05) is 30.6 Å². The molecule has 3 aromatic carbocycles. The summed E-state index contributed by atoms with van der Waals surface area (Å²) >= 11 is 0. The molecule has 1 amide bonds. The quantitative estimate of drug-likeness (QED) is 0.376. The summed E-state index contributed by atoms with van der Waals surface area (Å²) in [5, 5.41) is 14.6. The molecule has 7 nitrogen and oxygen atoms in total. The van der Waals surface area contributed by atoms with E-state index in [2.05, 4.69) is 15.4 Å². The van der Waals surface area contributed by atoms with E-state index in [1.807, 2.05) is 61.6 Å². The van der Waals surface area contributed by atoms with Crippen LogP contribution in [-0.2, 0) is 11.2 Å². The van der Waals surface area contributed by atoms with Crippen LogP contribution in [0.3, 0.4) is 0 Å². The number of amides is 1. The van der Waals surface area contributed by atoms with E-state index in [4.69, 9.17) is 0 Å². The summed E-state index contributed by atoms with van der Waals surface area (Å²) in [5.41, 5.74) is 6.12. The molecular formula is C22H20N4O3. The first-order valence-corrected chi connectivity index (χ1v) is 8.97. The van der Waals surface area contributed by atoms with E-state index in [9.17, 15) is 14.9 Å². The third-order valence-corrected chi connectivity index (χ3v) is 4.34. The van der Waals surface area contributed by atoms with Gasteiger partial charge in [-0.05, 0) is 35.4 Å². The second-order valence-electron chi connectivity index (χ2n) is 6.38. The summed E-state index contributed by atoms with van der Waals surface area (Å²) in [5.74, 6) is -0.296. The highest BCUT2D eigenvalue weighted by Crippen LogP contribution is 2.22. The minimum atomic E-state index is -0.475. The van der Waals surface area contributed by atoms with Gasteiger partial charge in [0.2, 0.25) is 5.91 Å². The number of nitrogens with zero attached hydrogens (tertiary/aromatic N) is 3. The van der Waals surface area contributed by atoms with E-state index in [0.29, 0.717) is 5.56 Å². The molecule has 0 saturated heterocycles. The number of para-hydroxylation sites is 1. The average Bonchev–Trinajstić information content (AvgIpc) is 2.75. The van der Waals surface area contributed by atoms with Gasteiger partial charge >= 0.3 is 0 Å². The number of nitrogens with one attached hydrogen (secondary N) is 1. The molecule has 0 saturated carbocycles. The number of nitro groups is 1. The predicted octanol–water partition coefficient (Wildman–Crippen LogP) is 4.06. The van der Waals surface area contributed by atoms with Crippen LogP contribution in [0, 0.1) is 10.1 Å². The maximum absolute atomic E-state index is 12.0. The van der Waals surface area contributed by atoms with Crippen LogP contribution in [-0.4, -0.2) is 24.1 Å². The van der Waals surface area contributed by atoms with Gasteiger partial charge in [0.15, 0.2) is 0 Å². The Hall–Kier alpha value is -4.00. The molecule has 0 bridgehead atoms. The van der Waals surface area contributed by atoms with Crippen LogP contribution < -0.4 is 10.3 Å². The number of rotatable bonds is 7. The summed E-state index contributed by atoms with van der Waals surface area (Å²) in [6, 6.07) is 23.7. The summed E-state index contributed by atoms with van der Waals surface area (Å²) in [4.78, 5) is 24.2. The number of carbonyl (C=O) groups is 1. The normalized spacial score (nSPS) is 10.7. The molecule has 0 spiro atoms. The SMILES string of the molecule is CN(c1ccccc1)c1ccc(/C=N\NC(=O)Cc2ccc([N+](=O)[O-])cc2)cc1. The van der Waals surface area contributed by atoms with E-state index in [0.717, 1.165) is 16.9 Å².